The van der Waals surface area contributed by atoms with Crippen molar-refractivity contribution in [1.29, 1.82) is 0 Å². The Kier molecular flexibility index (Phi) is 3.82. The van der Waals surface area contributed by atoms with Crippen LogP contribution in [-0.2, 0) is 6.54 Å². The maximum Gasteiger partial charge on any atom is 0.0544 e. The van der Waals surface area contributed by atoms with Gasteiger partial charge in [-0.25, -0.2) is 0 Å². The third-order valence-electron chi connectivity index (χ3n) is 3.72. The summed E-state index contributed by atoms with van der Waals surface area (Å²) in [5, 5.41) is 3.66. The zero-order valence-corrected chi connectivity index (χ0v) is 11.3. The van der Waals surface area contributed by atoms with Crippen LogP contribution in [0.2, 0.25) is 0 Å². The van der Waals surface area contributed by atoms with Crippen molar-refractivity contribution in [3.8, 4) is 0 Å². The molecule has 2 heteroatoms. The lowest BCUT2D eigenvalue weighted by Crippen LogP contribution is -2.37. The minimum absolute atomic E-state index is 0.510. The molecule has 1 aliphatic carbocycles. The van der Waals surface area contributed by atoms with Crippen LogP contribution in [-0.4, -0.2) is 11.0 Å². The van der Waals surface area contributed by atoms with E-state index >= 15 is 0 Å². The van der Waals surface area contributed by atoms with Gasteiger partial charge in [0.25, 0.3) is 0 Å². The van der Waals surface area contributed by atoms with Crippen LogP contribution < -0.4 is 5.32 Å². The lowest BCUT2D eigenvalue weighted by molar-refractivity contribution is 0.197. The molecule has 0 amide bonds. The molecule has 1 heterocycles. The number of aromatic nitrogens is 1. The fraction of sp³-hybridized carbons (Fsp3) is 0.667. The minimum Gasteiger partial charge on any atom is -0.308 e. The van der Waals surface area contributed by atoms with Crippen molar-refractivity contribution in [3.05, 3.63) is 29.6 Å². The Morgan fingerprint density at radius 3 is 2.94 bits per heavy atom. The average molecular weight is 232 g/mol. The van der Waals surface area contributed by atoms with Crippen LogP contribution in [0.25, 0.3) is 0 Å². The van der Waals surface area contributed by atoms with Crippen molar-refractivity contribution in [2.75, 3.05) is 0 Å². The van der Waals surface area contributed by atoms with E-state index in [2.05, 4.69) is 36.3 Å². The first-order valence-corrected chi connectivity index (χ1v) is 6.71. The average Bonchev–Trinajstić information content (AvgIpc) is 2.25. The number of hydrogen-bond acceptors (Lipinski definition) is 2. The lowest BCUT2D eigenvalue weighted by Gasteiger charge is -2.35. The molecule has 94 valence electrons. The molecule has 0 radical (unpaired) electrons. The first-order chi connectivity index (χ1) is 8.05. The van der Waals surface area contributed by atoms with Crippen molar-refractivity contribution < 1.29 is 0 Å². The van der Waals surface area contributed by atoms with Crippen LogP contribution >= 0.6 is 0 Å². The zero-order chi connectivity index (χ0) is 12.3. The number of pyridine rings is 1. The molecule has 0 aliphatic heterocycles. The lowest BCUT2D eigenvalue weighted by atomic mass is 9.75. The Bertz CT molecular complexity index is 371. The molecule has 0 saturated heterocycles. The normalized spacial score (nSPS) is 23.6. The quantitative estimate of drug-likeness (QED) is 0.863. The molecule has 0 bridgehead atoms. The fourth-order valence-electron chi connectivity index (χ4n) is 2.82. The molecular weight excluding hydrogens is 208 g/mol. The van der Waals surface area contributed by atoms with Gasteiger partial charge in [-0.1, -0.05) is 26.3 Å². The highest BCUT2D eigenvalue weighted by Crippen LogP contribution is 2.35. The molecule has 1 fully saturated rings. The number of hydrogen-bond donors (Lipinski definition) is 1. The molecule has 2 nitrogen and oxygen atoms in total. The largest absolute Gasteiger partial charge is 0.308 e. The molecule has 1 N–H and O–H groups in total. The van der Waals surface area contributed by atoms with Crippen LogP contribution in [0.4, 0.5) is 0 Å². The summed E-state index contributed by atoms with van der Waals surface area (Å²) in [5.74, 6) is 0. The van der Waals surface area contributed by atoms with Gasteiger partial charge < -0.3 is 5.32 Å². The monoisotopic (exact) mass is 232 g/mol. The second-order valence-corrected chi connectivity index (χ2v) is 6.11. The van der Waals surface area contributed by atoms with Gasteiger partial charge in [0.2, 0.25) is 0 Å². The van der Waals surface area contributed by atoms with E-state index < -0.39 is 0 Å². The molecule has 1 unspecified atom stereocenters. The van der Waals surface area contributed by atoms with E-state index in [-0.39, 0.29) is 0 Å². The highest BCUT2D eigenvalue weighted by atomic mass is 14.9. The Morgan fingerprint density at radius 2 is 2.24 bits per heavy atom. The summed E-state index contributed by atoms with van der Waals surface area (Å²) in [5.41, 5.74) is 2.78. The van der Waals surface area contributed by atoms with E-state index in [1.54, 1.807) is 0 Å². The summed E-state index contributed by atoms with van der Waals surface area (Å²) in [7, 11) is 0. The van der Waals surface area contributed by atoms with E-state index in [9.17, 15) is 0 Å². The molecule has 17 heavy (non-hydrogen) atoms. The Labute approximate surface area is 105 Å². The molecule has 2 rings (SSSR count). The predicted molar refractivity (Wildman–Crippen MR) is 71.9 cm³/mol. The highest BCUT2D eigenvalue weighted by molar-refractivity contribution is 5.09. The van der Waals surface area contributed by atoms with Crippen molar-refractivity contribution in [1.82, 2.24) is 10.3 Å². The highest BCUT2D eigenvalue weighted by Gasteiger charge is 2.27. The molecule has 1 saturated carbocycles. The summed E-state index contributed by atoms with van der Waals surface area (Å²) in [6, 6.07) is 6.91. The van der Waals surface area contributed by atoms with Gasteiger partial charge in [-0.05, 0) is 43.7 Å². The summed E-state index contributed by atoms with van der Waals surface area (Å²) >= 11 is 0. The second kappa shape index (κ2) is 5.18. The molecule has 0 aromatic carbocycles. The van der Waals surface area contributed by atoms with Crippen molar-refractivity contribution >= 4 is 0 Å². The van der Waals surface area contributed by atoms with Gasteiger partial charge in [-0.3, -0.25) is 4.98 Å². The van der Waals surface area contributed by atoms with Crippen molar-refractivity contribution in [3.63, 3.8) is 0 Å². The van der Waals surface area contributed by atoms with Gasteiger partial charge >= 0.3 is 0 Å². The summed E-state index contributed by atoms with van der Waals surface area (Å²) in [6.07, 6.45) is 5.33. The summed E-state index contributed by atoms with van der Waals surface area (Å²) < 4.78 is 0. The third-order valence-corrected chi connectivity index (χ3v) is 3.72. The smallest absolute Gasteiger partial charge is 0.0544 e. The maximum atomic E-state index is 4.53. The number of nitrogens with one attached hydrogen (secondary N) is 1. The van der Waals surface area contributed by atoms with Crippen molar-refractivity contribution in [2.45, 2.75) is 59.0 Å². The number of nitrogens with zero attached hydrogens (tertiary/aromatic N) is 1. The van der Waals surface area contributed by atoms with Gasteiger partial charge in [-0.2, -0.15) is 0 Å². The zero-order valence-electron chi connectivity index (χ0n) is 11.3. The fourth-order valence-corrected chi connectivity index (χ4v) is 2.82. The summed E-state index contributed by atoms with van der Waals surface area (Å²) in [4.78, 5) is 4.53. The Morgan fingerprint density at radius 1 is 1.41 bits per heavy atom. The third kappa shape index (κ3) is 3.81. The molecule has 1 aromatic rings. The van der Waals surface area contributed by atoms with Crippen LogP contribution in [0.1, 0.15) is 50.9 Å². The number of aryl methyl sites for hydroxylation is 1. The Balaban J connectivity index is 1.86. The van der Waals surface area contributed by atoms with Gasteiger partial charge in [0.1, 0.15) is 0 Å². The second-order valence-electron chi connectivity index (χ2n) is 6.11. The van der Waals surface area contributed by atoms with Crippen LogP contribution in [0.3, 0.4) is 0 Å². The van der Waals surface area contributed by atoms with E-state index in [1.807, 2.05) is 13.0 Å². The van der Waals surface area contributed by atoms with E-state index in [1.165, 1.54) is 25.7 Å². The molecule has 1 aliphatic rings. The SMILES string of the molecule is Cc1cccc(CNC2CCCC(C)(C)C2)n1. The number of rotatable bonds is 3. The van der Waals surface area contributed by atoms with Gasteiger partial charge in [0.15, 0.2) is 0 Å². The first kappa shape index (κ1) is 12.6. The van der Waals surface area contributed by atoms with E-state index in [0.717, 1.165) is 17.9 Å². The first-order valence-electron chi connectivity index (χ1n) is 6.71. The predicted octanol–water partition coefficient (Wildman–Crippen LogP) is 3.45. The van der Waals surface area contributed by atoms with E-state index in [4.69, 9.17) is 0 Å². The minimum atomic E-state index is 0.510. The topological polar surface area (TPSA) is 24.9 Å². The molecule has 1 aromatic heterocycles. The standard InChI is InChI=1S/C15H24N2/c1-12-6-4-7-14(17-12)11-16-13-8-5-9-15(2,3)10-13/h4,6-7,13,16H,5,8-11H2,1-3H3. The van der Waals surface area contributed by atoms with Gasteiger partial charge in [0.05, 0.1) is 5.69 Å². The summed E-state index contributed by atoms with van der Waals surface area (Å²) in [6.45, 7) is 7.72. The molecular formula is C15H24N2. The maximum absolute atomic E-state index is 4.53. The van der Waals surface area contributed by atoms with Crippen LogP contribution in [0.15, 0.2) is 18.2 Å². The molecule has 1 atom stereocenters. The van der Waals surface area contributed by atoms with Crippen LogP contribution in [0, 0.1) is 12.3 Å². The van der Waals surface area contributed by atoms with Gasteiger partial charge in [0, 0.05) is 18.3 Å². The Hall–Kier alpha value is -0.890. The van der Waals surface area contributed by atoms with Crippen LogP contribution in [0.5, 0.6) is 0 Å². The van der Waals surface area contributed by atoms with E-state index in [0.29, 0.717) is 11.5 Å². The molecule has 0 spiro atoms. The van der Waals surface area contributed by atoms with Gasteiger partial charge in [-0.15, -0.1) is 0 Å². The van der Waals surface area contributed by atoms with Crippen molar-refractivity contribution in [2.24, 2.45) is 5.41 Å².